The monoisotopic (exact) mass is 318 g/mol. The summed E-state index contributed by atoms with van der Waals surface area (Å²) in [4.78, 5) is 5.61. The maximum Gasteiger partial charge on any atom is 0.0821 e. The third-order valence-corrected chi connectivity index (χ3v) is 9.09. The van der Waals surface area contributed by atoms with Crippen molar-refractivity contribution in [3.63, 3.8) is 0 Å². The Hall–Kier alpha value is -1.26. The summed E-state index contributed by atoms with van der Waals surface area (Å²) in [7, 11) is 2.40. The molecule has 0 unspecified atom stereocenters. The predicted octanol–water partition coefficient (Wildman–Crippen LogP) is 4.66. The second-order valence-corrected chi connectivity index (χ2v) is 12.6. The van der Waals surface area contributed by atoms with E-state index in [1.54, 1.807) is 0 Å². The first-order valence-corrected chi connectivity index (χ1v) is 11.0. The van der Waals surface area contributed by atoms with E-state index in [9.17, 15) is 0 Å². The van der Waals surface area contributed by atoms with Gasteiger partial charge >= 0.3 is 0 Å². The van der Waals surface area contributed by atoms with E-state index < -0.39 is 8.32 Å². The van der Waals surface area contributed by atoms with Crippen molar-refractivity contribution < 1.29 is 4.43 Å². The molecule has 0 aliphatic carbocycles. The fraction of sp³-hybridized carbons (Fsp3) is 0.556. The zero-order valence-electron chi connectivity index (χ0n) is 15.1. The number of hydrogen-bond acceptors (Lipinski definition) is 2. The largest absolute Gasteiger partial charge is 0.688 e. The topological polar surface area (TPSA) is 28.3 Å². The second-order valence-electron chi connectivity index (χ2n) is 7.91. The number of aromatic amines is 1. The maximum absolute atomic E-state index is 6.59. The Morgan fingerprint density at radius 2 is 1.86 bits per heavy atom. The van der Waals surface area contributed by atoms with Crippen LogP contribution in [0.2, 0.25) is 18.1 Å². The molecule has 0 saturated carbocycles. The molecule has 0 fully saturated rings. The Labute approximate surface area is 135 Å². The first-order chi connectivity index (χ1) is 10.1. The minimum atomic E-state index is -1.83. The molecule has 0 radical (unpaired) electrons. The highest BCUT2D eigenvalue weighted by Crippen LogP contribution is 2.39. The number of likely N-dealkylation sites (N-methyl/N-ethyl adjacent to an activating group) is 1. The molecule has 1 aromatic carbocycles. The molecular weight excluding hydrogens is 288 g/mol. The Morgan fingerprint density at radius 1 is 1.18 bits per heavy atom. The SMILES string of the molecule is CN(C)CCc1c[nH]c2cccc(O[Si-](C)(C)C(C)(C)C)c12. The molecule has 2 aromatic rings. The van der Waals surface area contributed by atoms with Gasteiger partial charge in [-0.1, -0.05) is 26.8 Å². The van der Waals surface area contributed by atoms with Crippen LogP contribution in [0.25, 0.3) is 10.9 Å². The molecule has 1 heterocycles. The lowest BCUT2D eigenvalue weighted by Gasteiger charge is -2.49. The molecular formula is C18H30N2OSi-. The molecule has 1 aromatic heterocycles. The van der Waals surface area contributed by atoms with E-state index in [1.807, 2.05) is 0 Å². The zero-order chi connectivity index (χ0) is 16.5. The van der Waals surface area contributed by atoms with Crippen molar-refractivity contribution in [3.8, 4) is 5.75 Å². The van der Waals surface area contributed by atoms with E-state index in [1.165, 1.54) is 16.5 Å². The molecule has 0 atom stereocenters. The highest BCUT2D eigenvalue weighted by atomic mass is 28.4. The van der Waals surface area contributed by atoms with Gasteiger partial charge in [-0.05, 0) is 38.2 Å². The summed E-state index contributed by atoms with van der Waals surface area (Å²) in [6.45, 7) is 12.5. The average Bonchev–Trinajstić information content (AvgIpc) is 2.79. The summed E-state index contributed by atoms with van der Waals surface area (Å²) < 4.78 is 6.59. The Morgan fingerprint density at radius 3 is 2.45 bits per heavy atom. The molecule has 123 valence electrons. The van der Waals surface area contributed by atoms with Crippen molar-refractivity contribution in [2.24, 2.45) is 0 Å². The van der Waals surface area contributed by atoms with Crippen LogP contribution in [0.5, 0.6) is 5.75 Å². The molecule has 0 spiro atoms. The van der Waals surface area contributed by atoms with Crippen molar-refractivity contribution in [1.29, 1.82) is 0 Å². The van der Waals surface area contributed by atoms with E-state index in [0.29, 0.717) is 0 Å². The van der Waals surface area contributed by atoms with Crippen LogP contribution in [-0.2, 0) is 6.42 Å². The summed E-state index contributed by atoms with van der Waals surface area (Å²) in [5, 5.41) is 1.46. The lowest BCUT2D eigenvalue weighted by atomic mass is 10.1. The van der Waals surface area contributed by atoms with Crippen molar-refractivity contribution in [3.05, 3.63) is 30.0 Å². The summed E-state index contributed by atoms with van der Waals surface area (Å²) >= 11 is 0. The van der Waals surface area contributed by atoms with E-state index in [0.717, 1.165) is 18.7 Å². The van der Waals surface area contributed by atoms with Gasteiger partial charge in [-0.15, -0.1) is 18.1 Å². The molecule has 0 saturated heterocycles. The number of fused-ring (bicyclic) bond motifs is 1. The second kappa shape index (κ2) is 6.09. The zero-order valence-corrected chi connectivity index (χ0v) is 16.1. The molecule has 3 nitrogen and oxygen atoms in total. The first kappa shape index (κ1) is 17.1. The fourth-order valence-electron chi connectivity index (χ4n) is 2.27. The minimum Gasteiger partial charge on any atom is -0.688 e. The van der Waals surface area contributed by atoms with E-state index in [-0.39, 0.29) is 5.04 Å². The summed E-state index contributed by atoms with van der Waals surface area (Å²) in [6.07, 6.45) is 3.16. The molecule has 0 aliphatic heterocycles. The number of hydrogen-bond donors (Lipinski definition) is 1. The maximum atomic E-state index is 6.59. The Kier molecular flexibility index (Phi) is 4.73. The van der Waals surface area contributed by atoms with Crippen LogP contribution in [0.1, 0.15) is 26.3 Å². The van der Waals surface area contributed by atoms with Crippen LogP contribution in [-0.4, -0.2) is 38.8 Å². The molecule has 1 N–H and O–H groups in total. The number of rotatable bonds is 5. The van der Waals surface area contributed by atoms with Gasteiger partial charge in [-0.25, -0.2) is 0 Å². The molecule has 2 rings (SSSR count). The van der Waals surface area contributed by atoms with Crippen molar-refractivity contribution in [2.45, 2.75) is 45.3 Å². The smallest absolute Gasteiger partial charge is 0.0821 e. The normalized spacial score (nSPS) is 13.1. The number of nitrogens with zero attached hydrogens (tertiary/aromatic N) is 1. The average molecular weight is 319 g/mol. The van der Waals surface area contributed by atoms with E-state index in [2.05, 4.69) is 82.2 Å². The van der Waals surface area contributed by atoms with Crippen LogP contribution < -0.4 is 4.43 Å². The van der Waals surface area contributed by atoms with Crippen LogP contribution >= 0.6 is 0 Å². The molecule has 0 aliphatic rings. The predicted molar refractivity (Wildman–Crippen MR) is 98.4 cm³/mol. The Balaban J connectivity index is 2.39. The van der Waals surface area contributed by atoms with Crippen molar-refractivity contribution in [2.75, 3.05) is 20.6 Å². The molecule has 0 amide bonds. The highest BCUT2D eigenvalue weighted by molar-refractivity contribution is 6.74. The first-order valence-electron chi connectivity index (χ1n) is 8.04. The van der Waals surface area contributed by atoms with Gasteiger partial charge in [0.2, 0.25) is 0 Å². The van der Waals surface area contributed by atoms with Gasteiger partial charge in [0.15, 0.2) is 0 Å². The number of nitrogens with one attached hydrogen (secondary N) is 1. The lowest BCUT2D eigenvalue weighted by molar-refractivity contribution is 0.414. The number of benzene rings is 1. The summed E-state index contributed by atoms with van der Waals surface area (Å²) in [5.74, 6) is 1.04. The van der Waals surface area contributed by atoms with Crippen LogP contribution in [0, 0.1) is 0 Å². The molecule has 4 heteroatoms. The van der Waals surface area contributed by atoms with Gasteiger partial charge in [-0.3, -0.25) is 0 Å². The third-order valence-electron chi connectivity index (χ3n) is 4.75. The van der Waals surface area contributed by atoms with Crippen LogP contribution in [0.3, 0.4) is 0 Å². The highest BCUT2D eigenvalue weighted by Gasteiger charge is 2.27. The molecule has 0 bridgehead atoms. The van der Waals surface area contributed by atoms with Gasteiger partial charge in [0.1, 0.15) is 0 Å². The number of H-pyrrole nitrogens is 1. The van der Waals surface area contributed by atoms with Gasteiger partial charge in [0, 0.05) is 32.0 Å². The summed E-state index contributed by atoms with van der Waals surface area (Å²) in [6, 6.07) is 6.33. The van der Waals surface area contributed by atoms with E-state index in [4.69, 9.17) is 4.43 Å². The van der Waals surface area contributed by atoms with Crippen molar-refractivity contribution in [1.82, 2.24) is 9.88 Å². The summed E-state index contributed by atoms with van der Waals surface area (Å²) in [5.41, 5.74) is 2.52. The molecule has 22 heavy (non-hydrogen) atoms. The minimum absolute atomic E-state index is 0.204. The van der Waals surface area contributed by atoms with Gasteiger partial charge in [-0.2, -0.15) is 0 Å². The Bertz CT molecular complexity index is 638. The van der Waals surface area contributed by atoms with Crippen LogP contribution in [0.15, 0.2) is 24.4 Å². The van der Waals surface area contributed by atoms with Gasteiger partial charge in [0.25, 0.3) is 0 Å². The third kappa shape index (κ3) is 3.55. The quantitative estimate of drug-likeness (QED) is 0.812. The van der Waals surface area contributed by atoms with Crippen LogP contribution in [0.4, 0.5) is 0 Å². The standard InChI is InChI=1S/C18H30N2OSi/c1-18(2,3)22(6,7)21-16-10-8-9-15-17(16)14(13-19-15)11-12-20(4)5/h8-10,13,19H,11-12H2,1-7H3/q-1. The van der Waals surface area contributed by atoms with Gasteiger partial charge < -0.3 is 14.3 Å². The van der Waals surface area contributed by atoms with Gasteiger partial charge in [0.05, 0.1) is 5.75 Å². The lowest BCUT2D eigenvalue weighted by Crippen LogP contribution is -2.43. The van der Waals surface area contributed by atoms with Crippen molar-refractivity contribution >= 4 is 19.2 Å². The fourth-order valence-corrected chi connectivity index (χ4v) is 3.30. The number of aromatic nitrogens is 1. The van der Waals surface area contributed by atoms with E-state index >= 15 is 0 Å².